The Morgan fingerprint density at radius 1 is 1.46 bits per heavy atom. The van der Waals surface area contributed by atoms with Crippen LogP contribution >= 0.6 is 11.6 Å². The summed E-state index contributed by atoms with van der Waals surface area (Å²) in [6, 6.07) is 6.44. The summed E-state index contributed by atoms with van der Waals surface area (Å²) >= 11 is 5.95. The van der Waals surface area contributed by atoms with E-state index in [0.717, 1.165) is 17.9 Å². The number of aryl methyl sites for hydroxylation is 1. The minimum Gasteiger partial charge on any atom is -0.327 e. The Balaban J connectivity index is 2.45. The van der Waals surface area contributed by atoms with Crippen LogP contribution in [0.3, 0.4) is 0 Å². The van der Waals surface area contributed by atoms with Gasteiger partial charge in [0.15, 0.2) is 0 Å². The molecule has 0 spiro atoms. The van der Waals surface area contributed by atoms with Crippen molar-refractivity contribution in [2.75, 3.05) is 0 Å². The summed E-state index contributed by atoms with van der Waals surface area (Å²) in [7, 11) is 0. The molecule has 0 fully saturated rings. The van der Waals surface area contributed by atoms with Gasteiger partial charge in [-0.2, -0.15) is 0 Å². The van der Waals surface area contributed by atoms with Gasteiger partial charge in [0, 0.05) is 11.1 Å². The zero-order chi connectivity index (χ0) is 9.42. The third-order valence-corrected chi connectivity index (χ3v) is 3.22. The van der Waals surface area contributed by atoms with E-state index >= 15 is 0 Å². The highest BCUT2D eigenvalue weighted by Gasteiger charge is 2.22. The highest BCUT2D eigenvalue weighted by atomic mass is 35.5. The van der Waals surface area contributed by atoms with E-state index in [2.05, 4.69) is 19.1 Å². The number of halogens is 1. The summed E-state index contributed by atoms with van der Waals surface area (Å²) in [5.41, 5.74) is 8.75. The maximum Gasteiger partial charge on any atom is 0.0409 e. The number of rotatable bonds is 0. The Bertz CT molecular complexity index is 322. The zero-order valence-corrected chi connectivity index (χ0v) is 8.51. The molecular weight excluding hydrogens is 182 g/mol. The summed E-state index contributed by atoms with van der Waals surface area (Å²) in [5, 5.41) is 0.819. The van der Waals surface area contributed by atoms with Gasteiger partial charge in [0.05, 0.1) is 0 Å². The Labute approximate surface area is 83.9 Å². The van der Waals surface area contributed by atoms with Crippen molar-refractivity contribution in [1.29, 1.82) is 0 Å². The van der Waals surface area contributed by atoms with Crippen LogP contribution < -0.4 is 5.73 Å². The molecule has 1 aliphatic rings. The van der Waals surface area contributed by atoms with Gasteiger partial charge in [-0.1, -0.05) is 24.6 Å². The first kappa shape index (κ1) is 9.04. The summed E-state index contributed by atoms with van der Waals surface area (Å²) in [5.74, 6) is 0.447. The smallest absolute Gasteiger partial charge is 0.0409 e. The van der Waals surface area contributed by atoms with E-state index in [1.54, 1.807) is 0 Å². The predicted molar refractivity (Wildman–Crippen MR) is 56.2 cm³/mol. The first-order valence-electron chi connectivity index (χ1n) is 4.72. The molecule has 0 saturated heterocycles. The van der Waals surface area contributed by atoms with Gasteiger partial charge in [0.25, 0.3) is 0 Å². The fourth-order valence-electron chi connectivity index (χ4n) is 2.02. The van der Waals surface area contributed by atoms with Crippen LogP contribution in [-0.2, 0) is 6.42 Å². The van der Waals surface area contributed by atoms with E-state index in [4.69, 9.17) is 17.3 Å². The van der Waals surface area contributed by atoms with Gasteiger partial charge in [0.1, 0.15) is 0 Å². The maximum atomic E-state index is 6.00. The minimum absolute atomic E-state index is 0.297. The fourth-order valence-corrected chi connectivity index (χ4v) is 2.20. The molecule has 1 nitrogen and oxygen atoms in total. The van der Waals surface area contributed by atoms with E-state index < -0.39 is 0 Å². The van der Waals surface area contributed by atoms with Crippen molar-refractivity contribution in [2.24, 2.45) is 5.73 Å². The van der Waals surface area contributed by atoms with Crippen molar-refractivity contribution < 1.29 is 0 Å². The molecule has 0 radical (unpaired) electrons. The van der Waals surface area contributed by atoms with Crippen LogP contribution in [0.25, 0.3) is 0 Å². The molecule has 0 aliphatic heterocycles. The highest BCUT2D eigenvalue weighted by Crippen LogP contribution is 2.32. The monoisotopic (exact) mass is 195 g/mol. The zero-order valence-electron chi connectivity index (χ0n) is 7.76. The van der Waals surface area contributed by atoms with Crippen LogP contribution in [0, 0.1) is 0 Å². The number of hydrogen-bond acceptors (Lipinski definition) is 1. The van der Waals surface area contributed by atoms with Crippen molar-refractivity contribution in [3.8, 4) is 0 Å². The number of fused-ring (bicyclic) bond motifs is 1. The molecule has 2 atom stereocenters. The van der Waals surface area contributed by atoms with E-state index in [1.165, 1.54) is 11.1 Å². The molecule has 0 bridgehead atoms. The molecule has 0 amide bonds. The summed E-state index contributed by atoms with van der Waals surface area (Å²) in [6.45, 7) is 2.18. The van der Waals surface area contributed by atoms with Crippen molar-refractivity contribution in [3.63, 3.8) is 0 Å². The van der Waals surface area contributed by atoms with Crippen molar-refractivity contribution in [1.82, 2.24) is 0 Å². The van der Waals surface area contributed by atoms with Crippen LogP contribution in [0.15, 0.2) is 18.2 Å². The largest absolute Gasteiger partial charge is 0.327 e. The van der Waals surface area contributed by atoms with Gasteiger partial charge in [-0.3, -0.25) is 0 Å². The number of benzene rings is 1. The predicted octanol–water partition coefficient (Wildman–Crippen LogP) is 2.72. The molecule has 2 heteroatoms. The lowest BCUT2D eigenvalue weighted by atomic mass is 9.81. The van der Waals surface area contributed by atoms with Crippen LogP contribution in [0.1, 0.15) is 30.4 Å². The average molecular weight is 196 g/mol. The van der Waals surface area contributed by atoms with Gasteiger partial charge in [-0.25, -0.2) is 0 Å². The second-order valence-electron chi connectivity index (χ2n) is 3.83. The SMILES string of the molecule is CC1c2cc(Cl)ccc2CCC1N. The van der Waals surface area contributed by atoms with Crippen molar-refractivity contribution >= 4 is 11.6 Å². The minimum atomic E-state index is 0.297. The molecule has 1 aromatic carbocycles. The van der Waals surface area contributed by atoms with Crippen LogP contribution in [-0.4, -0.2) is 6.04 Å². The van der Waals surface area contributed by atoms with E-state index in [-0.39, 0.29) is 0 Å². The lowest BCUT2D eigenvalue weighted by Gasteiger charge is -2.28. The fraction of sp³-hybridized carbons (Fsp3) is 0.455. The van der Waals surface area contributed by atoms with Crippen molar-refractivity contribution in [2.45, 2.75) is 31.7 Å². The van der Waals surface area contributed by atoms with Crippen LogP contribution in [0.4, 0.5) is 0 Å². The first-order valence-corrected chi connectivity index (χ1v) is 5.10. The molecule has 0 saturated carbocycles. The Kier molecular flexibility index (Phi) is 2.31. The van der Waals surface area contributed by atoms with Crippen LogP contribution in [0.2, 0.25) is 5.02 Å². The normalized spacial score (nSPS) is 27.0. The standard InChI is InChI=1S/C11H14ClN/c1-7-10-6-9(12)4-2-8(10)3-5-11(7)13/h2,4,6-7,11H,3,5,13H2,1H3. The second-order valence-corrected chi connectivity index (χ2v) is 4.27. The molecule has 13 heavy (non-hydrogen) atoms. The van der Waals surface area contributed by atoms with Gasteiger partial charge in [0.2, 0.25) is 0 Å². The third kappa shape index (κ3) is 1.59. The van der Waals surface area contributed by atoms with Gasteiger partial charge >= 0.3 is 0 Å². The van der Waals surface area contributed by atoms with E-state index in [1.807, 2.05) is 6.07 Å². The number of hydrogen-bond donors (Lipinski definition) is 1. The summed E-state index contributed by atoms with van der Waals surface area (Å²) < 4.78 is 0. The van der Waals surface area contributed by atoms with E-state index in [9.17, 15) is 0 Å². The average Bonchev–Trinajstić information content (AvgIpc) is 2.12. The molecule has 1 aromatic rings. The molecule has 2 N–H and O–H groups in total. The van der Waals surface area contributed by atoms with Gasteiger partial charge in [-0.15, -0.1) is 0 Å². The topological polar surface area (TPSA) is 26.0 Å². The van der Waals surface area contributed by atoms with E-state index in [0.29, 0.717) is 12.0 Å². The van der Waals surface area contributed by atoms with Crippen LogP contribution in [0.5, 0.6) is 0 Å². The molecule has 2 rings (SSSR count). The molecule has 1 aliphatic carbocycles. The highest BCUT2D eigenvalue weighted by molar-refractivity contribution is 6.30. The quantitative estimate of drug-likeness (QED) is 0.677. The molecule has 70 valence electrons. The molecular formula is C11H14ClN. The molecule has 0 aromatic heterocycles. The number of nitrogens with two attached hydrogens (primary N) is 1. The second kappa shape index (κ2) is 3.32. The Hall–Kier alpha value is -0.530. The summed E-state index contributed by atoms with van der Waals surface area (Å²) in [6.07, 6.45) is 2.19. The van der Waals surface area contributed by atoms with Gasteiger partial charge in [-0.05, 0) is 42.0 Å². The first-order chi connectivity index (χ1) is 6.18. The third-order valence-electron chi connectivity index (χ3n) is 2.99. The Morgan fingerprint density at radius 2 is 2.23 bits per heavy atom. The maximum absolute atomic E-state index is 6.00. The lowest BCUT2D eigenvalue weighted by Crippen LogP contribution is -2.31. The Morgan fingerprint density at radius 3 is 3.00 bits per heavy atom. The summed E-state index contributed by atoms with van der Waals surface area (Å²) in [4.78, 5) is 0. The van der Waals surface area contributed by atoms with Gasteiger partial charge < -0.3 is 5.73 Å². The molecule has 0 heterocycles. The molecule has 2 unspecified atom stereocenters. The van der Waals surface area contributed by atoms with Crippen molar-refractivity contribution in [3.05, 3.63) is 34.3 Å². The lowest BCUT2D eigenvalue weighted by molar-refractivity contribution is 0.497.